The lowest BCUT2D eigenvalue weighted by Gasteiger charge is -2.26. The zero-order valence-electron chi connectivity index (χ0n) is 37.3. The van der Waals surface area contributed by atoms with Crippen LogP contribution in [0.4, 0.5) is 17.1 Å². The molecule has 350 valence electrons. The minimum absolute atomic E-state index is 0.118. The molecule has 4 aromatic carbocycles. The maximum atomic E-state index is 11.2. The third-order valence-electron chi connectivity index (χ3n) is 11.2. The number of H-pyrrole nitrogens is 2. The van der Waals surface area contributed by atoms with E-state index in [-0.39, 0.29) is 5.91 Å². The summed E-state index contributed by atoms with van der Waals surface area (Å²) in [5.74, 6) is 4.09. The second kappa shape index (κ2) is 22.3. The molecule has 2 aliphatic rings. The molecule has 2 fully saturated rings. The van der Waals surface area contributed by atoms with Gasteiger partial charge in [0.25, 0.3) is 0 Å². The number of ether oxygens (including phenoxy) is 5. The molecular formula is C50H50Cl2N10O6. The van der Waals surface area contributed by atoms with Crippen molar-refractivity contribution in [2.45, 2.75) is 6.92 Å². The van der Waals surface area contributed by atoms with Gasteiger partial charge in [0.15, 0.2) is 17.0 Å². The zero-order valence-corrected chi connectivity index (χ0v) is 38.9. The van der Waals surface area contributed by atoms with Gasteiger partial charge in [-0.05, 0) is 84.9 Å². The Labute approximate surface area is 402 Å². The average Bonchev–Trinajstić information content (AvgIpc) is 4.01. The van der Waals surface area contributed by atoms with Gasteiger partial charge in [0.05, 0.1) is 49.5 Å². The van der Waals surface area contributed by atoms with Crippen LogP contribution in [0.15, 0.2) is 116 Å². The number of hydrogen-bond acceptors (Lipinski definition) is 13. The van der Waals surface area contributed by atoms with Crippen molar-refractivity contribution in [3.8, 4) is 45.8 Å². The Hall–Kier alpha value is -6.79. The Morgan fingerprint density at radius 2 is 1.13 bits per heavy atom. The SMILES string of the molecule is CC(=O)Nc1ccc(Nc2c(Cl)cnc3nc(-c4ccc(OCCN5CCOCC5)cc4)[nH]c23)cc1.Clc1cnc2nc(-c3ccc(OCCN4CCOCC4)cc3)[nH]c2c1Oc1ccccc1. The monoisotopic (exact) mass is 956 g/mol. The molecule has 16 nitrogen and oxygen atoms in total. The molecule has 4 aromatic heterocycles. The predicted molar refractivity (Wildman–Crippen MR) is 265 cm³/mol. The van der Waals surface area contributed by atoms with E-state index in [0.717, 1.165) is 99.7 Å². The van der Waals surface area contributed by atoms with Crippen LogP contribution in [-0.4, -0.2) is 125 Å². The van der Waals surface area contributed by atoms with E-state index in [1.54, 1.807) is 12.4 Å². The number of rotatable bonds is 15. The third kappa shape index (κ3) is 12.0. The first kappa shape index (κ1) is 46.3. The van der Waals surface area contributed by atoms with E-state index in [9.17, 15) is 4.79 Å². The maximum absolute atomic E-state index is 11.2. The number of nitrogens with zero attached hydrogens (tertiary/aromatic N) is 6. The Bertz CT molecular complexity index is 2910. The summed E-state index contributed by atoms with van der Waals surface area (Å²) in [6, 6.07) is 32.5. The molecule has 0 unspecified atom stereocenters. The standard InChI is InChI=1S/C26H27ClN6O3.C24H23ClN4O3/c1-17(34)29-19-4-6-20(7-5-19)30-23-22(27)16-28-26-24(23)31-25(32-26)18-2-8-21(9-3-18)36-15-12-33-10-13-35-14-11-33;25-20-16-26-24-21(22(20)32-19-4-2-1-3-5-19)27-23(28-24)17-6-8-18(9-7-17)31-15-12-29-10-13-30-14-11-29/h2-9,16H,10-15H2,1H3,(H,29,34)(H2,28,30,31,32);1-9,16H,10-15H2,(H,26,27,28). The number of aromatic nitrogens is 6. The summed E-state index contributed by atoms with van der Waals surface area (Å²) in [6.45, 7) is 11.5. The van der Waals surface area contributed by atoms with Gasteiger partial charge in [-0.1, -0.05) is 41.4 Å². The van der Waals surface area contributed by atoms with Crippen molar-refractivity contribution in [1.29, 1.82) is 0 Å². The Morgan fingerprint density at radius 3 is 1.68 bits per heavy atom. The van der Waals surface area contributed by atoms with E-state index in [4.69, 9.17) is 46.9 Å². The van der Waals surface area contributed by atoms with Gasteiger partial charge in [0.2, 0.25) is 5.91 Å². The molecule has 2 saturated heterocycles. The van der Waals surface area contributed by atoms with Crippen molar-refractivity contribution < 1.29 is 28.5 Å². The topological polar surface area (TPSA) is 177 Å². The lowest BCUT2D eigenvalue weighted by atomic mass is 10.2. The number of imidazole rings is 2. The van der Waals surface area contributed by atoms with Crippen LogP contribution in [0.2, 0.25) is 10.0 Å². The number of carbonyl (C=O) groups is 1. The number of halogens is 2. The van der Waals surface area contributed by atoms with E-state index in [1.807, 2.05) is 103 Å². The number of amides is 1. The summed E-state index contributed by atoms with van der Waals surface area (Å²) in [5.41, 5.74) is 6.50. The number of anilines is 3. The van der Waals surface area contributed by atoms with Crippen molar-refractivity contribution >= 4 is 68.5 Å². The molecule has 1 amide bonds. The molecule has 0 radical (unpaired) electrons. The molecular weight excluding hydrogens is 908 g/mol. The van der Waals surface area contributed by atoms with E-state index < -0.39 is 0 Å². The predicted octanol–water partition coefficient (Wildman–Crippen LogP) is 9.47. The van der Waals surface area contributed by atoms with E-state index >= 15 is 0 Å². The molecule has 0 spiro atoms. The minimum atomic E-state index is -0.118. The largest absolute Gasteiger partial charge is 0.492 e. The minimum Gasteiger partial charge on any atom is -0.492 e. The van der Waals surface area contributed by atoms with Gasteiger partial charge in [-0.15, -0.1) is 0 Å². The second-order valence-corrected chi connectivity index (χ2v) is 16.8. The van der Waals surface area contributed by atoms with Gasteiger partial charge in [-0.25, -0.2) is 19.9 Å². The highest BCUT2D eigenvalue weighted by atomic mass is 35.5. The summed E-state index contributed by atoms with van der Waals surface area (Å²) in [6.07, 6.45) is 3.13. The molecule has 6 heterocycles. The van der Waals surface area contributed by atoms with Crippen LogP contribution < -0.4 is 24.8 Å². The van der Waals surface area contributed by atoms with Gasteiger partial charge in [-0.3, -0.25) is 14.6 Å². The number of morpholine rings is 2. The smallest absolute Gasteiger partial charge is 0.221 e. The summed E-state index contributed by atoms with van der Waals surface area (Å²) in [5, 5.41) is 6.97. The average molecular weight is 958 g/mol. The van der Waals surface area contributed by atoms with Crippen molar-refractivity contribution in [3.63, 3.8) is 0 Å². The quantitative estimate of drug-likeness (QED) is 0.0765. The van der Waals surface area contributed by atoms with Crippen LogP contribution in [0.3, 0.4) is 0 Å². The first-order chi connectivity index (χ1) is 33.3. The number of pyridine rings is 2. The number of benzene rings is 4. The summed E-state index contributed by atoms with van der Waals surface area (Å²) < 4.78 is 28.6. The van der Waals surface area contributed by atoms with Crippen molar-refractivity contribution in [3.05, 3.63) is 126 Å². The van der Waals surface area contributed by atoms with Crippen molar-refractivity contribution in [2.24, 2.45) is 0 Å². The van der Waals surface area contributed by atoms with Crippen LogP contribution >= 0.6 is 23.2 Å². The normalized spacial score (nSPS) is 14.3. The van der Waals surface area contributed by atoms with Gasteiger partial charge < -0.3 is 44.3 Å². The van der Waals surface area contributed by atoms with Crippen LogP contribution in [0, 0.1) is 0 Å². The highest BCUT2D eigenvalue weighted by Gasteiger charge is 2.18. The Morgan fingerprint density at radius 1 is 0.632 bits per heavy atom. The van der Waals surface area contributed by atoms with Gasteiger partial charge in [0.1, 0.15) is 58.2 Å². The molecule has 4 N–H and O–H groups in total. The number of nitrogens with one attached hydrogen (secondary N) is 4. The third-order valence-corrected chi connectivity index (χ3v) is 11.7. The van der Waals surface area contributed by atoms with Crippen LogP contribution in [0.5, 0.6) is 23.0 Å². The molecule has 0 atom stereocenters. The number of fused-ring (bicyclic) bond motifs is 2. The van der Waals surface area contributed by atoms with Gasteiger partial charge >= 0.3 is 0 Å². The lowest BCUT2D eigenvalue weighted by Crippen LogP contribution is -2.38. The number of carbonyl (C=O) groups excluding carboxylic acids is 1. The Kier molecular flexibility index (Phi) is 15.2. The summed E-state index contributed by atoms with van der Waals surface area (Å²) in [4.78, 5) is 40.6. The lowest BCUT2D eigenvalue weighted by molar-refractivity contribution is -0.114. The molecule has 0 aliphatic carbocycles. The van der Waals surface area contributed by atoms with Gasteiger partial charge in [-0.2, -0.15) is 0 Å². The summed E-state index contributed by atoms with van der Waals surface area (Å²) in [7, 11) is 0. The molecule has 68 heavy (non-hydrogen) atoms. The van der Waals surface area contributed by atoms with Crippen LogP contribution in [0.1, 0.15) is 6.92 Å². The fourth-order valence-corrected chi connectivity index (χ4v) is 7.96. The van der Waals surface area contributed by atoms with Crippen LogP contribution in [0.25, 0.3) is 45.1 Å². The van der Waals surface area contributed by atoms with E-state index in [2.05, 4.69) is 50.3 Å². The fraction of sp³-hybridized carbons (Fsp3) is 0.260. The van der Waals surface area contributed by atoms with E-state index in [0.29, 0.717) is 74.4 Å². The van der Waals surface area contributed by atoms with E-state index in [1.165, 1.54) is 6.92 Å². The molecule has 10 rings (SSSR count). The molecule has 2 aliphatic heterocycles. The maximum Gasteiger partial charge on any atom is 0.221 e. The number of hydrogen-bond donors (Lipinski definition) is 4. The van der Waals surface area contributed by atoms with Crippen LogP contribution in [-0.2, 0) is 14.3 Å². The molecule has 18 heteroatoms. The molecule has 0 saturated carbocycles. The van der Waals surface area contributed by atoms with Crippen molar-refractivity contribution in [1.82, 2.24) is 39.7 Å². The molecule has 0 bridgehead atoms. The number of aromatic amines is 2. The highest BCUT2D eigenvalue weighted by molar-refractivity contribution is 6.34. The molecule has 8 aromatic rings. The second-order valence-electron chi connectivity index (χ2n) is 15.9. The van der Waals surface area contributed by atoms with Crippen molar-refractivity contribution in [2.75, 3.05) is 89.5 Å². The number of para-hydroxylation sites is 1. The zero-order chi connectivity index (χ0) is 46.7. The first-order valence-corrected chi connectivity index (χ1v) is 23.1. The highest BCUT2D eigenvalue weighted by Crippen LogP contribution is 2.37. The fourth-order valence-electron chi connectivity index (χ4n) is 7.58. The van der Waals surface area contributed by atoms with Gasteiger partial charge in [0, 0.05) is 68.7 Å². The summed E-state index contributed by atoms with van der Waals surface area (Å²) >= 11 is 12.8. The first-order valence-electron chi connectivity index (χ1n) is 22.3. The Balaban J connectivity index is 0.000000171.